The molecular formula is C16H24BrClN2. The lowest BCUT2D eigenvalue weighted by atomic mass is 9.88. The molecule has 1 fully saturated rings. The zero-order chi connectivity index (χ0) is 14.5. The first kappa shape index (κ1) is 16.3. The maximum atomic E-state index is 6.21. The second kappa shape index (κ2) is 7.79. The van der Waals surface area contributed by atoms with Gasteiger partial charge in [0.1, 0.15) is 0 Å². The minimum Gasteiger partial charge on any atom is -0.329 e. The van der Waals surface area contributed by atoms with Gasteiger partial charge < -0.3 is 5.73 Å². The lowest BCUT2D eigenvalue weighted by Gasteiger charge is -2.32. The molecule has 0 radical (unpaired) electrons. The van der Waals surface area contributed by atoms with Crippen LogP contribution >= 0.6 is 27.5 Å². The van der Waals surface area contributed by atoms with Gasteiger partial charge >= 0.3 is 0 Å². The standard InChI is InChI=1S/C16H24BrClN2/c1-20(11-12-5-3-2-4-6-12)16(10-19)13-7-8-14(17)15(18)9-13/h7-9,12,16H,2-6,10-11,19H2,1H3. The molecule has 20 heavy (non-hydrogen) atoms. The molecular weight excluding hydrogens is 336 g/mol. The number of halogens is 2. The molecule has 1 unspecified atom stereocenters. The highest BCUT2D eigenvalue weighted by molar-refractivity contribution is 9.10. The van der Waals surface area contributed by atoms with Gasteiger partial charge in [-0.3, -0.25) is 4.90 Å². The van der Waals surface area contributed by atoms with Crippen LogP contribution in [0.15, 0.2) is 22.7 Å². The number of likely N-dealkylation sites (N-methyl/N-ethyl adjacent to an activating group) is 1. The maximum Gasteiger partial charge on any atom is 0.0551 e. The lowest BCUT2D eigenvalue weighted by Crippen LogP contribution is -2.34. The van der Waals surface area contributed by atoms with Gasteiger partial charge in [-0.05, 0) is 59.4 Å². The van der Waals surface area contributed by atoms with Crippen LogP contribution in [0.4, 0.5) is 0 Å². The van der Waals surface area contributed by atoms with E-state index in [2.05, 4.69) is 33.9 Å². The molecule has 0 saturated heterocycles. The van der Waals surface area contributed by atoms with Crippen LogP contribution in [0.1, 0.15) is 43.7 Å². The third-order valence-electron chi connectivity index (χ3n) is 4.35. The summed E-state index contributed by atoms with van der Waals surface area (Å²) < 4.78 is 0.939. The van der Waals surface area contributed by atoms with Crippen LogP contribution in [0.2, 0.25) is 5.02 Å². The Labute approximate surface area is 135 Å². The largest absolute Gasteiger partial charge is 0.329 e. The van der Waals surface area contributed by atoms with E-state index in [0.29, 0.717) is 6.54 Å². The summed E-state index contributed by atoms with van der Waals surface area (Å²) in [7, 11) is 2.18. The molecule has 0 aromatic heterocycles. The van der Waals surface area contributed by atoms with Crippen molar-refractivity contribution in [1.29, 1.82) is 0 Å². The van der Waals surface area contributed by atoms with Crippen LogP contribution in [-0.2, 0) is 0 Å². The fraction of sp³-hybridized carbons (Fsp3) is 0.625. The summed E-state index contributed by atoms with van der Waals surface area (Å²) in [5, 5.41) is 0.756. The van der Waals surface area contributed by atoms with E-state index < -0.39 is 0 Å². The van der Waals surface area contributed by atoms with Crippen molar-refractivity contribution in [3.05, 3.63) is 33.3 Å². The molecule has 2 rings (SSSR count). The molecule has 0 bridgehead atoms. The van der Waals surface area contributed by atoms with Gasteiger partial charge in [-0.1, -0.05) is 36.9 Å². The molecule has 0 spiro atoms. The van der Waals surface area contributed by atoms with E-state index in [1.54, 1.807) is 0 Å². The van der Waals surface area contributed by atoms with E-state index in [9.17, 15) is 0 Å². The first-order valence-electron chi connectivity index (χ1n) is 7.47. The highest BCUT2D eigenvalue weighted by atomic mass is 79.9. The molecule has 2 N–H and O–H groups in total. The van der Waals surface area contributed by atoms with Gasteiger partial charge in [0.15, 0.2) is 0 Å². The van der Waals surface area contributed by atoms with Crippen molar-refractivity contribution < 1.29 is 0 Å². The van der Waals surface area contributed by atoms with E-state index >= 15 is 0 Å². The molecule has 2 nitrogen and oxygen atoms in total. The Balaban J connectivity index is 2.03. The average molecular weight is 360 g/mol. The molecule has 1 aromatic carbocycles. The summed E-state index contributed by atoms with van der Waals surface area (Å²) in [4.78, 5) is 2.40. The maximum absolute atomic E-state index is 6.21. The van der Waals surface area contributed by atoms with E-state index in [1.807, 2.05) is 12.1 Å². The summed E-state index contributed by atoms with van der Waals surface area (Å²) >= 11 is 9.65. The Bertz CT molecular complexity index is 432. The summed E-state index contributed by atoms with van der Waals surface area (Å²) in [5.74, 6) is 0.828. The monoisotopic (exact) mass is 358 g/mol. The van der Waals surface area contributed by atoms with E-state index in [4.69, 9.17) is 17.3 Å². The van der Waals surface area contributed by atoms with Crippen molar-refractivity contribution in [1.82, 2.24) is 4.90 Å². The number of hydrogen-bond donors (Lipinski definition) is 1. The summed E-state index contributed by atoms with van der Waals surface area (Å²) in [6, 6.07) is 6.41. The normalized spacial score (nSPS) is 18.4. The minimum absolute atomic E-state index is 0.252. The fourth-order valence-corrected chi connectivity index (χ4v) is 3.63. The van der Waals surface area contributed by atoms with Crippen LogP contribution in [0.5, 0.6) is 0 Å². The SMILES string of the molecule is CN(CC1CCCCC1)C(CN)c1ccc(Br)c(Cl)c1. The molecule has 0 amide bonds. The van der Waals surface area contributed by atoms with Gasteiger partial charge in [0.2, 0.25) is 0 Å². The third kappa shape index (κ3) is 4.20. The van der Waals surface area contributed by atoms with Crippen molar-refractivity contribution >= 4 is 27.5 Å². The smallest absolute Gasteiger partial charge is 0.0551 e. The number of hydrogen-bond acceptors (Lipinski definition) is 2. The number of nitrogens with two attached hydrogens (primary N) is 1. The van der Waals surface area contributed by atoms with Crippen LogP contribution in [0.3, 0.4) is 0 Å². The molecule has 112 valence electrons. The van der Waals surface area contributed by atoms with Crippen LogP contribution < -0.4 is 5.73 Å². The quantitative estimate of drug-likeness (QED) is 0.831. The van der Waals surface area contributed by atoms with Crippen molar-refractivity contribution in [2.24, 2.45) is 11.7 Å². The van der Waals surface area contributed by atoms with Crippen LogP contribution in [-0.4, -0.2) is 25.0 Å². The van der Waals surface area contributed by atoms with E-state index in [0.717, 1.165) is 22.0 Å². The molecule has 0 aliphatic heterocycles. The molecule has 4 heteroatoms. The van der Waals surface area contributed by atoms with E-state index in [1.165, 1.54) is 37.7 Å². The van der Waals surface area contributed by atoms with Gasteiger partial charge in [0, 0.05) is 23.6 Å². The number of benzene rings is 1. The molecule has 1 aliphatic carbocycles. The minimum atomic E-state index is 0.252. The Hall–Kier alpha value is -0.0900. The zero-order valence-corrected chi connectivity index (χ0v) is 14.5. The highest BCUT2D eigenvalue weighted by Gasteiger charge is 2.21. The van der Waals surface area contributed by atoms with Gasteiger partial charge in [-0.25, -0.2) is 0 Å². The van der Waals surface area contributed by atoms with Crippen molar-refractivity contribution in [2.45, 2.75) is 38.1 Å². The average Bonchev–Trinajstić information content (AvgIpc) is 2.44. The summed E-state index contributed by atoms with van der Waals surface area (Å²) in [5.41, 5.74) is 7.21. The lowest BCUT2D eigenvalue weighted by molar-refractivity contribution is 0.186. The third-order valence-corrected chi connectivity index (χ3v) is 5.59. The number of nitrogens with zero attached hydrogens (tertiary/aromatic N) is 1. The zero-order valence-electron chi connectivity index (χ0n) is 12.1. The first-order chi connectivity index (χ1) is 9.61. The Kier molecular flexibility index (Phi) is 6.34. The summed E-state index contributed by atoms with van der Waals surface area (Å²) in [6.45, 7) is 1.76. The molecule has 1 aliphatic rings. The fourth-order valence-electron chi connectivity index (χ4n) is 3.19. The topological polar surface area (TPSA) is 29.3 Å². The Morgan fingerprint density at radius 1 is 1.35 bits per heavy atom. The van der Waals surface area contributed by atoms with Crippen LogP contribution in [0, 0.1) is 5.92 Å². The second-order valence-corrected chi connectivity index (χ2v) is 7.13. The molecule has 1 saturated carbocycles. The van der Waals surface area contributed by atoms with Crippen molar-refractivity contribution in [3.63, 3.8) is 0 Å². The predicted octanol–water partition coefficient (Wildman–Crippen LogP) is 4.61. The van der Waals surface area contributed by atoms with Gasteiger partial charge in [0.05, 0.1) is 5.02 Å². The summed E-state index contributed by atoms with van der Waals surface area (Å²) in [6.07, 6.45) is 6.90. The first-order valence-corrected chi connectivity index (χ1v) is 8.64. The number of rotatable bonds is 5. The van der Waals surface area contributed by atoms with E-state index in [-0.39, 0.29) is 6.04 Å². The van der Waals surface area contributed by atoms with Gasteiger partial charge in [-0.2, -0.15) is 0 Å². The van der Waals surface area contributed by atoms with Gasteiger partial charge in [-0.15, -0.1) is 0 Å². The van der Waals surface area contributed by atoms with Gasteiger partial charge in [0.25, 0.3) is 0 Å². The highest BCUT2D eigenvalue weighted by Crippen LogP contribution is 2.30. The molecule has 1 atom stereocenters. The predicted molar refractivity (Wildman–Crippen MR) is 90.2 cm³/mol. The molecule has 0 heterocycles. The Morgan fingerprint density at radius 3 is 2.65 bits per heavy atom. The Morgan fingerprint density at radius 2 is 2.05 bits per heavy atom. The molecule has 1 aromatic rings. The van der Waals surface area contributed by atoms with Crippen LogP contribution in [0.25, 0.3) is 0 Å². The van der Waals surface area contributed by atoms with Crippen molar-refractivity contribution in [3.8, 4) is 0 Å². The second-order valence-electron chi connectivity index (χ2n) is 5.87. The van der Waals surface area contributed by atoms with Crippen molar-refractivity contribution in [2.75, 3.05) is 20.1 Å².